The number of nitrogens with one attached hydrogen (secondary N) is 1. The van der Waals surface area contributed by atoms with Gasteiger partial charge in [0.15, 0.2) is 0 Å². The summed E-state index contributed by atoms with van der Waals surface area (Å²) in [5.41, 5.74) is 0. The van der Waals surface area contributed by atoms with Gasteiger partial charge in [-0.05, 0) is 32.9 Å². The van der Waals surface area contributed by atoms with Crippen molar-refractivity contribution in [1.29, 1.82) is 0 Å². The standard InChI is InChI=1S/C14H30N2O3/c1-4-16(8-13-6-5-7-15-13)9-14(17)11-19-12(2)10-18-3/h12-15,17H,4-11H2,1-3H3. The molecule has 0 aromatic heterocycles. The quantitative estimate of drug-likeness (QED) is 0.607. The molecule has 1 fully saturated rings. The highest BCUT2D eigenvalue weighted by atomic mass is 16.5. The minimum Gasteiger partial charge on any atom is -0.389 e. The van der Waals surface area contributed by atoms with E-state index in [4.69, 9.17) is 9.47 Å². The highest BCUT2D eigenvalue weighted by molar-refractivity contribution is 4.78. The molecule has 0 saturated carbocycles. The largest absolute Gasteiger partial charge is 0.389 e. The lowest BCUT2D eigenvalue weighted by Gasteiger charge is -2.27. The zero-order chi connectivity index (χ0) is 14.1. The molecule has 1 rings (SSSR count). The summed E-state index contributed by atoms with van der Waals surface area (Å²) in [6.07, 6.45) is 2.11. The van der Waals surface area contributed by atoms with Crippen LogP contribution in [-0.2, 0) is 9.47 Å². The zero-order valence-electron chi connectivity index (χ0n) is 12.6. The molecule has 3 atom stereocenters. The normalized spacial score (nSPS) is 22.9. The Bertz CT molecular complexity index is 223. The van der Waals surface area contributed by atoms with E-state index in [1.54, 1.807) is 7.11 Å². The van der Waals surface area contributed by atoms with Crippen molar-refractivity contribution in [3.8, 4) is 0 Å². The third-order valence-corrected chi connectivity index (χ3v) is 3.53. The van der Waals surface area contributed by atoms with E-state index in [1.807, 2.05) is 6.92 Å². The summed E-state index contributed by atoms with van der Waals surface area (Å²) < 4.78 is 10.5. The van der Waals surface area contributed by atoms with E-state index in [2.05, 4.69) is 17.1 Å². The summed E-state index contributed by atoms with van der Waals surface area (Å²) in [4.78, 5) is 2.29. The number of rotatable bonds is 10. The monoisotopic (exact) mass is 274 g/mol. The Morgan fingerprint density at radius 2 is 2.21 bits per heavy atom. The third kappa shape index (κ3) is 7.22. The van der Waals surface area contributed by atoms with Crippen LogP contribution in [0.15, 0.2) is 0 Å². The van der Waals surface area contributed by atoms with Gasteiger partial charge in [0.2, 0.25) is 0 Å². The van der Waals surface area contributed by atoms with E-state index in [0.29, 0.717) is 25.8 Å². The number of ether oxygens (including phenoxy) is 2. The Balaban J connectivity index is 2.18. The highest BCUT2D eigenvalue weighted by Gasteiger charge is 2.19. The van der Waals surface area contributed by atoms with Crippen molar-refractivity contribution in [3.63, 3.8) is 0 Å². The van der Waals surface area contributed by atoms with E-state index >= 15 is 0 Å². The van der Waals surface area contributed by atoms with Gasteiger partial charge in [0, 0.05) is 26.2 Å². The predicted molar refractivity (Wildman–Crippen MR) is 76.4 cm³/mol. The second-order valence-electron chi connectivity index (χ2n) is 5.40. The van der Waals surface area contributed by atoms with Gasteiger partial charge in [-0.3, -0.25) is 4.90 Å². The second kappa shape index (κ2) is 9.66. The average Bonchev–Trinajstić information content (AvgIpc) is 2.89. The van der Waals surface area contributed by atoms with Crippen LogP contribution in [-0.4, -0.2) is 74.8 Å². The smallest absolute Gasteiger partial charge is 0.0900 e. The molecular formula is C14H30N2O3. The first-order valence-corrected chi connectivity index (χ1v) is 7.40. The lowest BCUT2D eigenvalue weighted by molar-refractivity contribution is -0.0397. The summed E-state index contributed by atoms with van der Waals surface area (Å²) in [6.45, 7) is 8.81. The van der Waals surface area contributed by atoms with Crippen molar-refractivity contribution in [2.75, 3.05) is 46.5 Å². The Hall–Kier alpha value is -0.200. The first kappa shape index (κ1) is 16.9. The molecule has 0 aliphatic carbocycles. The van der Waals surface area contributed by atoms with Crippen LogP contribution in [0.3, 0.4) is 0 Å². The number of hydrogen-bond donors (Lipinski definition) is 2. The molecule has 0 aromatic carbocycles. The van der Waals surface area contributed by atoms with Crippen LogP contribution in [0.1, 0.15) is 26.7 Å². The Morgan fingerprint density at radius 1 is 1.42 bits per heavy atom. The van der Waals surface area contributed by atoms with Gasteiger partial charge in [-0.1, -0.05) is 6.92 Å². The van der Waals surface area contributed by atoms with Crippen molar-refractivity contribution in [2.24, 2.45) is 0 Å². The lowest BCUT2D eigenvalue weighted by Crippen LogP contribution is -2.42. The first-order chi connectivity index (χ1) is 9.15. The van der Waals surface area contributed by atoms with Crippen LogP contribution >= 0.6 is 0 Å². The maximum Gasteiger partial charge on any atom is 0.0900 e. The van der Waals surface area contributed by atoms with Crippen molar-refractivity contribution in [3.05, 3.63) is 0 Å². The summed E-state index contributed by atoms with van der Waals surface area (Å²) in [6, 6.07) is 0.584. The molecule has 0 bridgehead atoms. The molecular weight excluding hydrogens is 244 g/mol. The fourth-order valence-corrected chi connectivity index (χ4v) is 2.47. The fourth-order valence-electron chi connectivity index (χ4n) is 2.47. The van der Waals surface area contributed by atoms with Gasteiger partial charge in [0.1, 0.15) is 0 Å². The number of aliphatic hydroxyl groups excluding tert-OH is 1. The minimum atomic E-state index is -0.430. The van der Waals surface area contributed by atoms with E-state index < -0.39 is 6.10 Å². The van der Waals surface area contributed by atoms with Gasteiger partial charge in [0.25, 0.3) is 0 Å². The second-order valence-corrected chi connectivity index (χ2v) is 5.40. The van der Waals surface area contributed by atoms with Crippen LogP contribution in [0.2, 0.25) is 0 Å². The SMILES string of the molecule is CCN(CC(O)COC(C)COC)CC1CCCN1. The molecule has 1 aliphatic rings. The molecule has 0 spiro atoms. The van der Waals surface area contributed by atoms with Gasteiger partial charge < -0.3 is 19.9 Å². The van der Waals surface area contributed by atoms with Gasteiger partial charge in [-0.15, -0.1) is 0 Å². The van der Waals surface area contributed by atoms with Crippen LogP contribution in [0, 0.1) is 0 Å². The summed E-state index contributed by atoms with van der Waals surface area (Å²) in [7, 11) is 1.66. The number of aliphatic hydroxyl groups is 1. The van der Waals surface area contributed by atoms with E-state index in [1.165, 1.54) is 12.8 Å². The summed E-state index contributed by atoms with van der Waals surface area (Å²) in [5.74, 6) is 0. The molecule has 114 valence electrons. The van der Waals surface area contributed by atoms with Crippen LogP contribution in [0.4, 0.5) is 0 Å². The maximum atomic E-state index is 10.0. The lowest BCUT2D eigenvalue weighted by atomic mass is 10.2. The molecule has 5 nitrogen and oxygen atoms in total. The van der Waals surface area contributed by atoms with Crippen molar-refractivity contribution in [2.45, 2.75) is 44.9 Å². The Labute approximate surface area is 117 Å². The molecule has 0 amide bonds. The number of hydrogen-bond acceptors (Lipinski definition) is 5. The number of nitrogens with zero attached hydrogens (tertiary/aromatic N) is 1. The fraction of sp³-hybridized carbons (Fsp3) is 1.00. The summed E-state index contributed by atoms with van der Waals surface area (Å²) >= 11 is 0. The third-order valence-electron chi connectivity index (χ3n) is 3.53. The minimum absolute atomic E-state index is 0.0335. The van der Waals surface area contributed by atoms with Gasteiger partial charge in [-0.2, -0.15) is 0 Å². The van der Waals surface area contributed by atoms with Gasteiger partial charge in [-0.25, -0.2) is 0 Å². The Kier molecular flexibility index (Phi) is 8.57. The molecule has 0 aromatic rings. The molecule has 3 unspecified atom stereocenters. The average molecular weight is 274 g/mol. The van der Waals surface area contributed by atoms with E-state index in [0.717, 1.165) is 19.6 Å². The molecule has 0 radical (unpaired) electrons. The van der Waals surface area contributed by atoms with Gasteiger partial charge in [0.05, 0.1) is 25.4 Å². The molecule has 5 heteroatoms. The Morgan fingerprint density at radius 3 is 2.79 bits per heavy atom. The maximum absolute atomic E-state index is 10.0. The van der Waals surface area contributed by atoms with E-state index in [-0.39, 0.29) is 6.10 Å². The molecule has 19 heavy (non-hydrogen) atoms. The highest BCUT2D eigenvalue weighted by Crippen LogP contribution is 2.07. The molecule has 1 aliphatic heterocycles. The van der Waals surface area contributed by atoms with Crippen molar-refractivity contribution >= 4 is 0 Å². The van der Waals surface area contributed by atoms with E-state index in [9.17, 15) is 5.11 Å². The summed E-state index contributed by atoms with van der Waals surface area (Å²) in [5, 5.41) is 13.5. The van der Waals surface area contributed by atoms with Crippen molar-refractivity contribution < 1.29 is 14.6 Å². The van der Waals surface area contributed by atoms with Crippen LogP contribution in [0.5, 0.6) is 0 Å². The van der Waals surface area contributed by atoms with Gasteiger partial charge >= 0.3 is 0 Å². The van der Waals surface area contributed by atoms with Crippen LogP contribution in [0.25, 0.3) is 0 Å². The van der Waals surface area contributed by atoms with Crippen LogP contribution < -0.4 is 5.32 Å². The molecule has 2 N–H and O–H groups in total. The predicted octanol–water partition coefficient (Wildman–Crippen LogP) is 0.473. The number of likely N-dealkylation sites (N-methyl/N-ethyl adjacent to an activating group) is 1. The molecule has 1 heterocycles. The van der Waals surface area contributed by atoms with Crippen molar-refractivity contribution in [1.82, 2.24) is 10.2 Å². The first-order valence-electron chi connectivity index (χ1n) is 7.40. The zero-order valence-corrected chi connectivity index (χ0v) is 12.6. The number of methoxy groups -OCH3 is 1. The molecule has 1 saturated heterocycles. The topological polar surface area (TPSA) is 54.0 Å².